The Morgan fingerprint density at radius 1 is 1.12 bits per heavy atom. The van der Waals surface area contributed by atoms with Crippen LogP contribution in [0.2, 0.25) is 0 Å². The van der Waals surface area contributed by atoms with Crippen LogP contribution in [-0.2, 0) is 9.59 Å². The van der Waals surface area contributed by atoms with Gasteiger partial charge in [-0.15, -0.1) is 0 Å². The fraction of sp³-hybridized carbons (Fsp3) is 0.250. The van der Waals surface area contributed by atoms with Gasteiger partial charge in [0, 0.05) is 27.4 Å². The molecule has 2 aromatic rings. The molecule has 128 valence electrons. The van der Waals surface area contributed by atoms with Gasteiger partial charge in [-0.05, 0) is 25.1 Å². The fourth-order valence-electron chi connectivity index (χ4n) is 3.38. The van der Waals surface area contributed by atoms with E-state index in [0.717, 1.165) is 4.47 Å². The van der Waals surface area contributed by atoms with Crippen molar-refractivity contribution in [1.82, 2.24) is 0 Å². The van der Waals surface area contributed by atoms with Crippen molar-refractivity contribution in [2.45, 2.75) is 19.8 Å². The van der Waals surface area contributed by atoms with Crippen molar-refractivity contribution in [1.29, 1.82) is 0 Å². The van der Waals surface area contributed by atoms with Crippen molar-refractivity contribution in [3.63, 3.8) is 0 Å². The maximum Gasteiger partial charge on any atom is 0.322 e. The molecule has 1 aliphatic rings. The van der Waals surface area contributed by atoms with Crippen LogP contribution < -0.4 is 4.74 Å². The standard InChI is InChI=1S/C20H17BrO4/c1-11(19(23)13-6-4-3-5-7-13)17-15-10-14(21)8-9-16(15)25-20(24)18(17)12(2)22/h3-11,17-18H,1-2H3/t11-,17-,18+/m0/s1. The summed E-state index contributed by atoms with van der Waals surface area (Å²) in [5, 5.41) is 0. The van der Waals surface area contributed by atoms with E-state index >= 15 is 0 Å². The Bertz CT molecular complexity index is 844. The Labute approximate surface area is 154 Å². The molecule has 0 N–H and O–H groups in total. The highest BCUT2D eigenvalue weighted by atomic mass is 79.9. The molecule has 0 spiro atoms. The van der Waals surface area contributed by atoms with Crippen LogP contribution in [0.25, 0.3) is 0 Å². The van der Waals surface area contributed by atoms with Crippen molar-refractivity contribution in [2.24, 2.45) is 11.8 Å². The number of ketones is 2. The summed E-state index contributed by atoms with van der Waals surface area (Å²) < 4.78 is 6.14. The van der Waals surface area contributed by atoms with Crippen LogP contribution in [0.1, 0.15) is 35.7 Å². The van der Waals surface area contributed by atoms with Gasteiger partial charge in [0.15, 0.2) is 5.78 Å². The minimum Gasteiger partial charge on any atom is -0.426 e. The summed E-state index contributed by atoms with van der Waals surface area (Å²) in [6, 6.07) is 14.2. The van der Waals surface area contributed by atoms with Gasteiger partial charge < -0.3 is 4.74 Å². The third-order valence-electron chi connectivity index (χ3n) is 4.60. The molecule has 2 aromatic carbocycles. The highest BCUT2D eigenvalue weighted by Crippen LogP contribution is 2.44. The fourth-order valence-corrected chi connectivity index (χ4v) is 3.75. The molecule has 0 unspecified atom stereocenters. The molecule has 3 atom stereocenters. The molecule has 3 rings (SSSR count). The van der Waals surface area contributed by atoms with E-state index in [4.69, 9.17) is 4.74 Å². The molecule has 0 aliphatic carbocycles. The van der Waals surface area contributed by atoms with Crippen LogP contribution in [0.4, 0.5) is 0 Å². The first-order chi connectivity index (χ1) is 11.9. The number of halogens is 1. The summed E-state index contributed by atoms with van der Waals surface area (Å²) in [6.07, 6.45) is 0. The van der Waals surface area contributed by atoms with Crippen molar-refractivity contribution in [3.05, 3.63) is 64.1 Å². The summed E-state index contributed by atoms with van der Waals surface area (Å²) in [7, 11) is 0. The van der Waals surface area contributed by atoms with Gasteiger partial charge in [0.05, 0.1) is 0 Å². The number of esters is 1. The first kappa shape index (κ1) is 17.5. The SMILES string of the molecule is CC(=O)[C@H]1C(=O)Oc2ccc(Br)cc2[C@@H]1[C@H](C)C(=O)c1ccccc1. The molecule has 4 nitrogen and oxygen atoms in total. The lowest BCUT2D eigenvalue weighted by atomic mass is 9.72. The quantitative estimate of drug-likeness (QED) is 0.334. The molecule has 5 heteroatoms. The minimum atomic E-state index is -0.982. The van der Waals surface area contributed by atoms with Crippen LogP contribution in [0.3, 0.4) is 0 Å². The van der Waals surface area contributed by atoms with Crippen molar-refractivity contribution >= 4 is 33.5 Å². The lowest BCUT2D eigenvalue weighted by molar-refractivity contribution is -0.146. The van der Waals surface area contributed by atoms with Gasteiger partial charge in [0.2, 0.25) is 0 Å². The maximum atomic E-state index is 12.9. The van der Waals surface area contributed by atoms with Gasteiger partial charge in [-0.2, -0.15) is 0 Å². The minimum absolute atomic E-state index is 0.0996. The zero-order valence-corrected chi connectivity index (χ0v) is 15.4. The second-order valence-electron chi connectivity index (χ2n) is 6.24. The van der Waals surface area contributed by atoms with E-state index in [1.54, 1.807) is 43.3 Å². The van der Waals surface area contributed by atoms with Crippen molar-refractivity contribution in [3.8, 4) is 5.75 Å². The summed E-state index contributed by atoms with van der Waals surface area (Å²) in [5.41, 5.74) is 1.26. The Hall–Kier alpha value is -2.27. The number of benzene rings is 2. The third kappa shape index (κ3) is 3.29. The largest absolute Gasteiger partial charge is 0.426 e. The number of hydrogen-bond acceptors (Lipinski definition) is 4. The molecule has 0 fully saturated rings. The van der Waals surface area contributed by atoms with Crippen LogP contribution in [-0.4, -0.2) is 17.5 Å². The Balaban J connectivity index is 2.09. The number of hydrogen-bond donors (Lipinski definition) is 0. The lowest BCUT2D eigenvalue weighted by Crippen LogP contribution is -2.40. The molecule has 0 saturated heterocycles. The van der Waals surface area contributed by atoms with Gasteiger partial charge in [-0.3, -0.25) is 14.4 Å². The van der Waals surface area contributed by atoms with Crippen molar-refractivity contribution in [2.75, 3.05) is 0 Å². The van der Waals surface area contributed by atoms with Gasteiger partial charge in [-0.25, -0.2) is 0 Å². The van der Waals surface area contributed by atoms with E-state index in [9.17, 15) is 14.4 Å². The Morgan fingerprint density at radius 3 is 2.44 bits per heavy atom. The second-order valence-corrected chi connectivity index (χ2v) is 7.15. The first-order valence-corrected chi connectivity index (χ1v) is 8.80. The second kappa shape index (κ2) is 6.92. The molecule has 0 amide bonds. The number of carbonyl (C=O) groups excluding carboxylic acids is 3. The summed E-state index contributed by atoms with van der Waals surface area (Å²) in [4.78, 5) is 37.5. The molecule has 25 heavy (non-hydrogen) atoms. The molecular weight excluding hydrogens is 384 g/mol. The molecule has 1 heterocycles. The van der Waals surface area contributed by atoms with Crippen molar-refractivity contribution < 1.29 is 19.1 Å². The summed E-state index contributed by atoms with van der Waals surface area (Å²) in [5.74, 6) is -2.67. The van der Waals surface area contributed by atoms with Gasteiger partial charge in [0.25, 0.3) is 0 Å². The zero-order chi connectivity index (χ0) is 18.1. The van der Waals surface area contributed by atoms with E-state index in [0.29, 0.717) is 16.9 Å². The highest BCUT2D eigenvalue weighted by molar-refractivity contribution is 9.10. The van der Waals surface area contributed by atoms with Crippen LogP contribution in [0, 0.1) is 11.8 Å². The average molecular weight is 401 g/mol. The monoisotopic (exact) mass is 400 g/mol. The normalized spacial score (nSPS) is 20.4. The smallest absolute Gasteiger partial charge is 0.322 e. The number of Topliss-reactive ketones (excluding diaryl/α,β-unsaturated/α-hetero) is 2. The maximum absolute atomic E-state index is 12.9. The van der Waals surface area contributed by atoms with Crippen LogP contribution in [0.5, 0.6) is 5.75 Å². The van der Waals surface area contributed by atoms with Gasteiger partial charge in [-0.1, -0.05) is 53.2 Å². The van der Waals surface area contributed by atoms with E-state index < -0.39 is 23.7 Å². The number of rotatable bonds is 4. The number of carbonyl (C=O) groups is 3. The molecule has 0 bridgehead atoms. The number of fused-ring (bicyclic) bond motifs is 1. The molecule has 0 radical (unpaired) electrons. The van der Waals surface area contributed by atoms with Crippen LogP contribution >= 0.6 is 15.9 Å². The molecular formula is C20H17BrO4. The first-order valence-electron chi connectivity index (χ1n) is 8.01. The molecule has 0 saturated carbocycles. The Kier molecular flexibility index (Phi) is 4.86. The van der Waals surface area contributed by atoms with Gasteiger partial charge in [0.1, 0.15) is 17.5 Å². The van der Waals surface area contributed by atoms with Gasteiger partial charge >= 0.3 is 5.97 Å². The highest BCUT2D eigenvalue weighted by Gasteiger charge is 2.45. The predicted molar refractivity (Wildman–Crippen MR) is 96.6 cm³/mol. The van der Waals surface area contributed by atoms with E-state index in [1.807, 2.05) is 12.1 Å². The topological polar surface area (TPSA) is 60.4 Å². The lowest BCUT2D eigenvalue weighted by Gasteiger charge is -2.34. The third-order valence-corrected chi connectivity index (χ3v) is 5.10. The van der Waals surface area contributed by atoms with E-state index in [1.165, 1.54) is 6.92 Å². The number of ether oxygens (including phenoxy) is 1. The molecule has 0 aromatic heterocycles. The van der Waals surface area contributed by atoms with Crippen LogP contribution in [0.15, 0.2) is 53.0 Å². The van der Waals surface area contributed by atoms with E-state index in [2.05, 4.69) is 15.9 Å². The predicted octanol–water partition coefficient (Wildman–Crippen LogP) is 4.18. The Morgan fingerprint density at radius 2 is 1.80 bits per heavy atom. The average Bonchev–Trinajstić information content (AvgIpc) is 2.60. The summed E-state index contributed by atoms with van der Waals surface area (Å²) in [6.45, 7) is 3.13. The zero-order valence-electron chi connectivity index (χ0n) is 13.9. The van der Waals surface area contributed by atoms with E-state index in [-0.39, 0.29) is 11.6 Å². The summed E-state index contributed by atoms with van der Waals surface area (Å²) >= 11 is 3.41. The molecule has 1 aliphatic heterocycles.